The van der Waals surface area contributed by atoms with Gasteiger partial charge in [-0.3, -0.25) is 0 Å². The molecule has 7 heteroatoms. The van der Waals surface area contributed by atoms with E-state index in [4.69, 9.17) is 5.11 Å². The number of nitrogens with zero attached hydrogens (tertiary/aromatic N) is 5. The first-order chi connectivity index (χ1) is 10.2. The summed E-state index contributed by atoms with van der Waals surface area (Å²) in [5.74, 6) is -0.955. The van der Waals surface area contributed by atoms with Gasteiger partial charge in [0, 0.05) is 11.9 Å². The molecule has 104 valence electrons. The molecule has 0 aliphatic heterocycles. The summed E-state index contributed by atoms with van der Waals surface area (Å²) in [6, 6.07) is 10.4. The molecule has 1 N–H and O–H groups in total. The third-order valence-electron chi connectivity index (χ3n) is 2.88. The minimum atomic E-state index is -0.955. The van der Waals surface area contributed by atoms with E-state index in [1.165, 1.54) is 17.3 Å². The lowest BCUT2D eigenvalue weighted by molar-refractivity contribution is 0.0697. The Hall–Kier alpha value is -3.22. The molecule has 1 aromatic carbocycles. The van der Waals surface area contributed by atoms with Crippen LogP contribution in [0.2, 0.25) is 0 Å². The molecule has 0 spiro atoms. The second kappa shape index (κ2) is 5.41. The molecule has 21 heavy (non-hydrogen) atoms. The molecule has 3 aromatic rings. The van der Waals surface area contributed by atoms with Crippen LogP contribution < -0.4 is 0 Å². The van der Waals surface area contributed by atoms with Gasteiger partial charge in [0.25, 0.3) is 0 Å². The van der Waals surface area contributed by atoms with Crippen molar-refractivity contribution in [2.75, 3.05) is 0 Å². The summed E-state index contributed by atoms with van der Waals surface area (Å²) in [5, 5.41) is 20.6. The summed E-state index contributed by atoms with van der Waals surface area (Å²) in [7, 11) is 0. The average Bonchev–Trinajstić information content (AvgIpc) is 3.16. The maximum absolute atomic E-state index is 11.0. The Morgan fingerprint density at radius 2 is 2.00 bits per heavy atom. The number of aromatic nitrogens is 4. The molecule has 3 rings (SSSR count). The molecule has 0 atom stereocenters. The summed E-state index contributed by atoms with van der Waals surface area (Å²) in [6.45, 7) is 0. The number of carbonyl (C=O) groups is 1. The average molecular weight is 281 g/mol. The van der Waals surface area contributed by atoms with E-state index in [2.05, 4.69) is 15.3 Å². The highest BCUT2D eigenvalue weighted by atomic mass is 16.4. The lowest BCUT2D eigenvalue weighted by atomic mass is 10.2. The van der Waals surface area contributed by atoms with Crippen molar-refractivity contribution < 1.29 is 9.90 Å². The maximum atomic E-state index is 11.0. The SMILES string of the molecule is O=C(O)c1cccc(-n2cccc2/C=N\n2cnnc2)c1. The molecule has 0 fully saturated rings. The van der Waals surface area contributed by atoms with E-state index in [1.54, 1.807) is 24.4 Å². The first-order valence-corrected chi connectivity index (χ1v) is 6.14. The fraction of sp³-hybridized carbons (Fsp3) is 0. The predicted molar refractivity (Wildman–Crippen MR) is 75.7 cm³/mol. The Morgan fingerprint density at radius 3 is 2.76 bits per heavy atom. The van der Waals surface area contributed by atoms with Crippen LogP contribution in [-0.4, -0.2) is 36.7 Å². The van der Waals surface area contributed by atoms with Crippen molar-refractivity contribution in [1.29, 1.82) is 0 Å². The first-order valence-electron chi connectivity index (χ1n) is 6.14. The Balaban J connectivity index is 1.95. The number of hydrogen-bond acceptors (Lipinski definition) is 4. The van der Waals surface area contributed by atoms with Crippen molar-refractivity contribution >= 4 is 12.2 Å². The highest BCUT2D eigenvalue weighted by Crippen LogP contribution is 2.13. The first kappa shape index (κ1) is 12.8. The van der Waals surface area contributed by atoms with Crippen molar-refractivity contribution in [3.63, 3.8) is 0 Å². The van der Waals surface area contributed by atoms with E-state index in [9.17, 15) is 4.79 Å². The summed E-state index contributed by atoms with van der Waals surface area (Å²) >= 11 is 0. The fourth-order valence-corrected chi connectivity index (χ4v) is 1.90. The van der Waals surface area contributed by atoms with E-state index < -0.39 is 5.97 Å². The fourth-order valence-electron chi connectivity index (χ4n) is 1.90. The molecular weight excluding hydrogens is 270 g/mol. The standard InChI is InChI=1S/C14H11N5O2/c20-14(21)11-3-1-4-12(7-11)19-6-2-5-13(19)8-17-18-9-15-16-10-18/h1-10H,(H,20,21)/b17-8-. The van der Waals surface area contributed by atoms with Crippen LogP contribution >= 0.6 is 0 Å². The molecule has 0 unspecified atom stereocenters. The molecule has 2 aromatic heterocycles. The third-order valence-corrected chi connectivity index (χ3v) is 2.88. The highest BCUT2D eigenvalue weighted by molar-refractivity contribution is 5.88. The summed E-state index contributed by atoms with van der Waals surface area (Å²) in [4.78, 5) is 11.0. The van der Waals surface area contributed by atoms with Crippen molar-refractivity contribution in [2.45, 2.75) is 0 Å². The smallest absolute Gasteiger partial charge is 0.335 e. The summed E-state index contributed by atoms with van der Waals surface area (Å²) in [6.07, 6.45) is 6.45. The monoisotopic (exact) mass is 281 g/mol. The van der Waals surface area contributed by atoms with Gasteiger partial charge >= 0.3 is 5.97 Å². The van der Waals surface area contributed by atoms with Crippen LogP contribution in [0.4, 0.5) is 0 Å². The highest BCUT2D eigenvalue weighted by Gasteiger charge is 2.06. The molecule has 0 bridgehead atoms. The summed E-state index contributed by atoms with van der Waals surface area (Å²) < 4.78 is 3.32. The quantitative estimate of drug-likeness (QED) is 0.737. The molecular formula is C14H11N5O2. The van der Waals surface area contributed by atoms with Gasteiger partial charge in [-0.1, -0.05) is 6.07 Å². The predicted octanol–water partition coefficient (Wildman–Crippen LogP) is 1.65. The normalized spacial score (nSPS) is 11.0. The van der Waals surface area contributed by atoms with Gasteiger partial charge in [0.15, 0.2) is 0 Å². The zero-order valence-electron chi connectivity index (χ0n) is 10.9. The van der Waals surface area contributed by atoms with Crippen LogP contribution in [0.1, 0.15) is 16.1 Å². The lowest BCUT2D eigenvalue weighted by Crippen LogP contribution is -2.02. The zero-order valence-corrected chi connectivity index (χ0v) is 10.9. The topological polar surface area (TPSA) is 85.3 Å². The second-order valence-electron chi connectivity index (χ2n) is 4.24. The van der Waals surface area contributed by atoms with Gasteiger partial charge < -0.3 is 9.67 Å². The Bertz CT molecular complexity index is 789. The molecule has 0 aliphatic rings. The van der Waals surface area contributed by atoms with Gasteiger partial charge in [0.1, 0.15) is 12.7 Å². The van der Waals surface area contributed by atoms with Gasteiger partial charge in [0.05, 0.1) is 17.5 Å². The number of hydrogen-bond donors (Lipinski definition) is 1. The van der Waals surface area contributed by atoms with E-state index in [0.29, 0.717) is 0 Å². The minimum absolute atomic E-state index is 0.239. The molecule has 0 amide bonds. The zero-order chi connectivity index (χ0) is 14.7. The van der Waals surface area contributed by atoms with Crippen LogP contribution in [0.15, 0.2) is 60.4 Å². The van der Waals surface area contributed by atoms with Gasteiger partial charge in [0.2, 0.25) is 0 Å². The molecule has 0 radical (unpaired) electrons. The van der Waals surface area contributed by atoms with E-state index in [0.717, 1.165) is 11.4 Å². The number of rotatable bonds is 4. The summed E-state index contributed by atoms with van der Waals surface area (Å²) in [5.41, 5.74) is 1.80. The van der Waals surface area contributed by atoms with Crippen LogP contribution in [-0.2, 0) is 0 Å². The number of carboxylic acids is 1. The third kappa shape index (κ3) is 2.71. The van der Waals surface area contributed by atoms with Crippen molar-refractivity contribution in [2.24, 2.45) is 5.10 Å². The Morgan fingerprint density at radius 1 is 1.19 bits per heavy atom. The van der Waals surface area contributed by atoms with Crippen LogP contribution in [0.25, 0.3) is 5.69 Å². The van der Waals surface area contributed by atoms with Gasteiger partial charge in [-0.2, -0.15) is 5.10 Å². The Kier molecular flexibility index (Phi) is 3.30. The van der Waals surface area contributed by atoms with Crippen molar-refractivity contribution in [3.05, 3.63) is 66.5 Å². The largest absolute Gasteiger partial charge is 0.478 e. The van der Waals surface area contributed by atoms with Crippen molar-refractivity contribution in [3.8, 4) is 5.69 Å². The molecule has 2 heterocycles. The number of benzene rings is 1. The van der Waals surface area contributed by atoms with Gasteiger partial charge in [-0.25, -0.2) is 9.47 Å². The van der Waals surface area contributed by atoms with E-state index in [-0.39, 0.29) is 5.56 Å². The number of carboxylic acid groups (broad SMARTS) is 1. The molecule has 0 aliphatic carbocycles. The molecule has 0 saturated heterocycles. The van der Waals surface area contributed by atoms with Gasteiger partial charge in [-0.05, 0) is 30.3 Å². The number of aromatic carboxylic acids is 1. The molecule has 7 nitrogen and oxygen atoms in total. The Labute approximate surface area is 119 Å². The van der Waals surface area contributed by atoms with E-state index in [1.807, 2.05) is 29.0 Å². The maximum Gasteiger partial charge on any atom is 0.335 e. The van der Waals surface area contributed by atoms with Gasteiger partial charge in [-0.15, -0.1) is 10.2 Å². The van der Waals surface area contributed by atoms with Crippen LogP contribution in [0.3, 0.4) is 0 Å². The second-order valence-corrected chi connectivity index (χ2v) is 4.24. The van der Waals surface area contributed by atoms with E-state index >= 15 is 0 Å². The van der Waals surface area contributed by atoms with Crippen LogP contribution in [0.5, 0.6) is 0 Å². The lowest BCUT2D eigenvalue weighted by Gasteiger charge is -2.07. The molecule has 0 saturated carbocycles. The minimum Gasteiger partial charge on any atom is -0.478 e. The van der Waals surface area contributed by atoms with Crippen LogP contribution in [0, 0.1) is 0 Å². The van der Waals surface area contributed by atoms with Crippen molar-refractivity contribution in [1.82, 2.24) is 19.4 Å².